The third-order valence-corrected chi connectivity index (χ3v) is 4.59. The van der Waals surface area contributed by atoms with Crippen LogP contribution >= 0.6 is 15.9 Å². The number of rotatable bonds is 5. The first-order valence-electron chi connectivity index (χ1n) is 7.18. The molecule has 1 aliphatic rings. The van der Waals surface area contributed by atoms with Crippen molar-refractivity contribution in [2.75, 3.05) is 13.7 Å². The van der Waals surface area contributed by atoms with E-state index in [1.54, 1.807) is 7.11 Å². The summed E-state index contributed by atoms with van der Waals surface area (Å²) in [7, 11) is 1.68. The Bertz CT molecular complexity index is 476. The molecule has 2 rings (SSSR count). The van der Waals surface area contributed by atoms with Gasteiger partial charge in [0.15, 0.2) is 0 Å². The van der Waals surface area contributed by atoms with Crippen molar-refractivity contribution in [3.63, 3.8) is 0 Å². The Morgan fingerprint density at radius 1 is 1.35 bits per heavy atom. The number of nitriles is 1. The van der Waals surface area contributed by atoms with E-state index in [0.29, 0.717) is 6.04 Å². The summed E-state index contributed by atoms with van der Waals surface area (Å²) in [5.74, 6) is 1.15. The maximum Gasteiger partial charge on any atom is 0.133 e. The number of hydrogen-bond donors (Lipinski definition) is 1. The van der Waals surface area contributed by atoms with Crippen molar-refractivity contribution in [2.24, 2.45) is 5.92 Å². The lowest BCUT2D eigenvalue weighted by Crippen LogP contribution is -2.34. The van der Waals surface area contributed by atoms with E-state index in [0.717, 1.165) is 48.9 Å². The molecular formula is C16H21BrN2O. The maximum atomic E-state index is 8.89. The average molecular weight is 337 g/mol. The third kappa shape index (κ3) is 4.22. The van der Waals surface area contributed by atoms with Crippen LogP contribution in [0.3, 0.4) is 0 Å². The highest BCUT2D eigenvalue weighted by Gasteiger charge is 2.19. The molecule has 1 fully saturated rings. The molecule has 0 aromatic heterocycles. The molecule has 20 heavy (non-hydrogen) atoms. The number of methoxy groups -OCH3 is 1. The summed E-state index contributed by atoms with van der Waals surface area (Å²) < 4.78 is 6.24. The standard InChI is InChI=1S/C16H21BrN2O/c1-20-16-7-4-12(10-15(16)17)8-9-19-14-5-2-13(11-18)3-6-14/h4,7,10,13-14,19H,2-3,5-6,8-9H2,1H3. The first kappa shape index (κ1) is 15.3. The van der Waals surface area contributed by atoms with Crippen LogP contribution < -0.4 is 10.1 Å². The van der Waals surface area contributed by atoms with Crippen molar-refractivity contribution < 1.29 is 4.74 Å². The van der Waals surface area contributed by atoms with Crippen molar-refractivity contribution >= 4 is 15.9 Å². The van der Waals surface area contributed by atoms with Crippen LogP contribution in [0.1, 0.15) is 31.2 Å². The van der Waals surface area contributed by atoms with Crippen molar-refractivity contribution in [1.29, 1.82) is 5.26 Å². The molecule has 108 valence electrons. The van der Waals surface area contributed by atoms with Gasteiger partial charge in [-0.25, -0.2) is 0 Å². The van der Waals surface area contributed by atoms with Crippen molar-refractivity contribution in [1.82, 2.24) is 5.32 Å². The molecule has 0 heterocycles. The Balaban J connectivity index is 1.74. The summed E-state index contributed by atoms with van der Waals surface area (Å²) in [6, 6.07) is 9.19. The summed E-state index contributed by atoms with van der Waals surface area (Å²) in [5, 5.41) is 12.5. The summed E-state index contributed by atoms with van der Waals surface area (Å²) in [5.41, 5.74) is 1.30. The third-order valence-electron chi connectivity index (χ3n) is 3.97. The summed E-state index contributed by atoms with van der Waals surface area (Å²) >= 11 is 3.51. The highest BCUT2D eigenvalue weighted by Crippen LogP contribution is 2.26. The predicted molar refractivity (Wildman–Crippen MR) is 83.8 cm³/mol. The lowest BCUT2D eigenvalue weighted by molar-refractivity contribution is 0.334. The van der Waals surface area contributed by atoms with Crippen molar-refractivity contribution in [3.05, 3.63) is 28.2 Å². The summed E-state index contributed by atoms with van der Waals surface area (Å²) in [4.78, 5) is 0. The second-order valence-corrected chi connectivity index (χ2v) is 6.21. The number of ether oxygens (including phenoxy) is 1. The molecule has 1 saturated carbocycles. The SMILES string of the molecule is COc1ccc(CCNC2CCC(C#N)CC2)cc1Br. The van der Waals surface area contributed by atoms with Crippen molar-refractivity contribution in [2.45, 2.75) is 38.1 Å². The molecule has 0 saturated heterocycles. The fourth-order valence-corrected chi connectivity index (χ4v) is 3.30. The van der Waals surface area contributed by atoms with Gasteiger partial charge in [0.05, 0.1) is 17.7 Å². The van der Waals surface area contributed by atoms with Gasteiger partial charge in [-0.2, -0.15) is 5.26 Å². The van der Waals surface area contributed by atoms with Gasteiger partial charge in [-0.15, -0.1) is 0 Å². The van der Waals surface area contributed by atoms with E-state index >= 15 is 0 Å². The van der Waals surface area contributed by atoms with Gasteiger partial charge >= 0.3 is 0 Å². The first-order valence-corrected chi connectivity index (χ1v) is 7.97. The van der Waals surface area contributed by atoms with Crippen LogP contribution in [0.2, 0.25) is 0 Å². The topological polar surface area (TPSA) is 45.0 Å². The number of nitrogens with one attached hydrogen (secondary N) is 1. The van der Waals surface area contributed by atoms with E-state index in [-0.39, 0.29) is 5.92 Å². The minimum absolute atomic E-state index is 0.283. The molecule has 1 aliphatic carbocycles. The van der Waals surface area contributed by atoms with E-state index in [4.69, 9.17) is 10.00 Å². The Morgan fingerprint density at radius 3 is 2.70 bits per heavy atom. The molecule has 0 spiro atoms. The van der Waals surface area contributed by atoms with Gasteiger partial charge in [-0.05, 0) is 72.3 Å². The Morgan fingerprint density at radius 2 is 2.10 bits per heavy atom. The van der Waals surface area contributed by atoms with E-state index < -0.39 is 0 Å². The molecule has 0 unspecified atom stereocenters. The van der Waals surface area contributed by atoms with Crippen molar-refractivity contribution in [3.8, 4) is 11.8 Å². The van der Waals surface area contributed by atoms with Gasteiger partial charge in [0.25, 0.3) is 0 Å². The fraction of sp³-hybridized carbons (Fsp3) is 0.562. The Kier molecular flexibility index (Phi) is 5.87. The summed E-state index contributed by atoms with van der Waals surface area (Å²) in [6.07, 6.45) is 5.36. The van der Waals surface area contributed by atoms with Gasteiger partial charge in [0.1, 0.15) is 5.75 Å². The zero-order valence-electron chi connectivity index (χ0n) is 11.9. The van der Waals surface area contributed by atoms with Crippen LogP contribution in [-0.2, 0) is 6.42 Å². The van der Waals surface area contributed by atoms with Crippen LogP contribution in [0.15, 0.2) is 22.7 Å². The summed E-state index contributed by atoms with van der Waals surface area (Å²) in [6.45, 7) is 0.987. The molecule has 1 aromatic rings. The second kappa shape index (κ2) is 7.66. The fourth-order valence-electron chi connectivity index (χ4n) is 2.71. The highest BCUT2D eigenvalue weighted by molar-refractivity contribution is 9.10. The van der Waals surface area contributed by atoms with Gasteiger partial charge in [0.2, 0.25) is 0 Å². The van der Waals surface area contributed by atoms with Gasteiger partial charge in [-0.3, -0.25) is 0 Å². The molecule has 0 bridgehead atoms. The molecule has 0 atom stereocenters. The lowest BCUT2D eigenvalue weighted by atomic mass is 9.87. The van der Waals surface area contributed by atoms with E-state index in [2.05, 4.69) is 39.4 Å². The van der Waals surface area contributed by atoms with Crippen LogP contribution in [-0.4, -0.2) is 19.7 Å². The van der Waals surface area contributed by atoms with E-state index in [1.807, 2.05) is 6.07 Å². The zero-order chi connectivity index (χ0) is 14.4. The average Bonchev–Trinajstić information content (AvgIpc) is 2.48. The molecular weight excluding hydrogens is 316 g/mol. The van der Waals surface area contributed by atoms with Crippen LogP contribution in [0.25, 0.3) is 0 Å². The lowest BCUT2D eigenvalue weighted by Gasteiger charge is -2.25. The molecule has 0 amide bonds. The maximum absolute atomic E-state index is 8.89. The van der Waals surface area contributed by atoms with Crippen LogP contribution in [0.4, 0.5) is 0 Å². The monoisotopic (exact) mass is 336 g/mol. The number of nitrogens with zero attached hydrogens (tertiary/aromatic N) is 1. The van der Waals surface area contributed by atoms with E-state index in [1.165, 1.54) is 5.56 Å². The minimum atomic E-state index is 0.283. The molecule has 1 N–H and O–H groups in total. The molecule has 0 radical (unpaired) electrons. The largest absolute Gasteiger partial charge is 0.496 e. The number of benzene rings is 1. The smallest absolute Gasteiger partial charge is 0.133 e. The molecule has 3 nitrogen and oxygen atoms in total. The second-order valence-electron chi connectivity index (χ2n) is 5.35. The normalized spacial score (nSPS) is 22.2. The van der Waals surface area contributed by atoms with Gasteiger partial charge in [0, 0.05) is 12.0 Å². The minimum Gasteiger partial charge on any atom is -0.496 e. The number of hydrogen-bond acceptors (Lipinski definition) is 3. The van der Waals surface area contributed by atoms with E-state index in [9.17, 15) is 0 Å². The highest BCUT2D eigenvalue weighted by atomic mass is 79.9. The molecule has 0 aliphatic heterocycles. The first-order chi connectivity index (χ1) is 9.72. The molecule has 4 heteroatoms. The number of halogens is 1. The van der Waals surface area contributed by atoms with Crippen LogP contribution in [0, 0.1) is 17.2 Å². The Hall–Kier alpha value is -1.05. The molecule has 1 aromatic carbocycles. The predicted octanol–water partition coefficient (Wildman–Crippen LogP) is 3.67. The Labute approximate surface area is 129 Å². The quantitative estimate of drug-likeness (QED) is 0.892. The van der Waals surface area contributed by atoms with Gasteiger partial charge in [-0.1, -0.05) is 6.07 Å². The van der Waals surface area contributed by atoms with Gasteiger partial charge < -0.3 is 10.1 Å². The zero-order valence-corrected chi connectivity index (χ0v) is 13.4. The van der Waals surface area contributed by atoms with Crippen LogP contribution in [0.5, 0.6) is 5.75 Å².